The van der Waals surface area contributed by atoms with E-state index in [-0.39, 0.29) is 5.91 Å². The number of nitrogens with zero attached hydrogens (tertiary/aromatic N) is 1. The van der Waals surface area contributed by atoms with Crippen molar-refractivity contribution in [3.8, 4) is 0 Å². The number of pyridine rings is 1. The predicted octanol–water partition coefficient (Wildman–Crippen LogP) is 3.06. The molecule has 1 aromatic carbocycles. The van der Waals surface area contributed by atoms with Gasteiger partial charge in [0.25, 0.3) is 5.91 Å². The SMILES string of the molecule is CCCCc1ccc(NC(=S)NNC(=O)c2cccnc2)cc1. The number of benzene rings is 1. The van der Waals surface area contributed by atoms with Gasteiger partial charge in [0, 0.05) is 18.1 Å². The van der Waals surface area contributed by atoms with E-state index in [1.54, 1.807) is 18.3 Å². The Labute approximate surface area is 141 Å². The maximum atomic E-state index is 11.8. The van der Waals surface area contributed by atoms with Gasteiger partial charge >= 0.3 is 0 Å². The number of unbranched alkanes of at least 4 members (excludes halogenated alkanes) is 1. The molecule has 5 nitrogen and oxygen atoms in total. The van der Waals surface area contributed by atoms with Gasteiger partial charge in [-0.2, -0.15) is 0 Å². The van der Waals surface area contributed by atoms with E-state index < -0.39 is 0 Å². The van der Waals surface area contributed by atoms with Crippen LogP contribution in [0.1, 0.15) is 35.7 Å². The summed E-state index contributed by atoms with van der Waals surface area (Å²) in [5.74, 6) is -0.294. The first-order valence-electron chi connectivity index (χ1n) is 7.55. The third-order valence-electron chi connectivity index (χ3n) is 3.24. The third-order valence-corrected chi connectivity index (χ3v) is 3.45. The van der Waals surface area contributed by atoms with E-state index in [2.05, 4.69) is 40.2 Å². The van der Waals surface area contributed by atoms with Crippen molar-refractivity contribution in [2.75, 3.05) is 5.32 Å². The van der Waals surface area contributed by atoms with Crippen LogP contribution in [0, 0.1) is 0 Å². The molecule has 0 aliphatic rings. The van der Waals surface area contributed by atoms with Crippen molar-refractivity contribution in [3.63, 3.8) is 0 Å². The Hall–Kier alpha value is -2.47. The molecule has 1 aromatic heterocycles. The quantitative estimate of drug-likeness (QED) is 0.581. The van der Waals surface area contributed by atoms with Crippen molar-refractivity contribution in [1.29, 1.82) is 0 Å². The molecule has 0 aliphatic heterocycles. The molecule has 0 fully saturated rings. The molecule has 0 atom stereocenters. The fourth-order valence-corrected chi connectivity index (χ4v) is 2.15. The van der Waals surface area contributed by atoms with E-state index >= 15 is 0 Å². The number of anilines is 1. The van der Waals surface area contributed by atoms with Gasteiger partial charge in [0.15, 0.2) is 5.11 Å². The lowest BCUT2D eigenvalue weighted by Gasteiger charge is -2.12. The molecule has 1 amide bonds. The Kier molecular flexibility index (Phi) is 6.50. The minimum Gasteiger partial charge on any atom is -0.331 e. The summed E-state index contributed by atoms with van der Waals surface area (Å²) in [4.78, 5) is 15.7. The molecule has 2 aromatic rings. The smallest absolute Gasteiger partial charge is 0.271 e. The number of thiocarbonyl (C=S) groups is 1. The maximum Gasteiger partial charge on any atom is 0.271 e. The van der Waals surface area contributed by atoms with Crippen LogP contribution in [0.15, 0.2) is 48.8 Å². The third kappa shape index (κ3) is 5.67. The molecule has 0 aliphatic carbocycles. The summed E-state index contributed by atoms with van der Waals surface area (Å²) in [7, 11) is 0. The number of carbonyl (C=O) groups is 1. The zero-order chi connectivity index (χ0) is 16.5. The molecule has 0 saturated heterocycles. The van der Waals surface area contributed by atoms with Gasteiger partial charge in [0.05, 0.1) is 5.56 Å². The van der Waals surface area contributed by atoms with E-state index in [4.69, 9.17) is 12.2 Å². The Balaban J connectivity index is 1.79. The van der Waals surface area contributed by atoms with Crippen LogP contribution in [0.4, 0.5) is 5.69 Å². The van der Waals surface area contributed by atoms with Crippen molar-refractivity contribution in [2.45, 2.75) is 26.2 Å². The Bertz CT molecular complexity index is 643. The van der Waals surface area contributed by atoms with Gasteiger partial charge in [0.1, 0.15) is 0 Å². The zero-order valence-electron chi connectivity index (χ0n) is 13.0. The monoisotopic (exact) mass is 328 g/mol. The van der Waals surface area contributed by atoms with Crippen LogP contribution in [0.25, 0.3) is 0 Å². The van der Waals surface area contributed by atoms with Crippen LogP contribution in [0.3, 0.4) is 0 Å². The number of aryl methyl sites for hydroxylation is 1. The Morgan fingerprint density at radius 3 is 2.61 bits per heavy atom. The van der Waals surface area contributed by atoms with Gasteiger partial charge in [-0.25, -0.2) is 0 Å². The molecule has 0 bridgehead atoms. The molecule has 0 radical (unpaired) electrons. The minimum absolute atomic E-state index is 0.294. The number of amides is 1. The molecule has 23 heavy (non-hydrogen) atoms. The average molecular weight is 328 g/mol. The number of nitrogens with one attached hydrogen (secondary N) is 3. The maximum absolute atomic E-state index is 11.8. The lowest BCUT2D eigenvalue weighted by molar-refractivity contribution is 0.0944. The summed E-state index contributed by atoms with van der Waals surface area (Å²) >= 11 is 5.15. The van der Waals surface area contributed by atoms with Crippen molar-refractivity contribution < 1.29 is 4.79 Å². The summed E-state index contributed by atoms with van der Waals surface area (Å²) in [5.41, 5.74) is 7.84. The number of hydrogen-bond donors (Lipinski definition) is 3. The normalized spacial score (nSPS) is 9.96. The second kappa shape index (κ2) is 8.85. The molecule has 6 heteroatoms. The number of rotatable bonds is 5. The molecule has 0 unspecified atom stereocenters. The van der Waals surface area contributed by atoms with Crippen molar-refractivity contribution in [2.24, 2.45) is 0 Å². The molecule has 0 spiro atoms. The number of aromatic nitrogens is 1. The Morgan fingerprint density at radius 1 is 1.17 bits per heavy atom. The first kappa shape index (κ1) is 16.9. The van der Waals surface area contributed by atoms with Crippen LogP contribution in [-0.2, 0) is 6.42 Å². The molecule has 1 heterocycles. The largest absolute Gasteiger partial charge is 0.331 e. The van der Waals surface area contributed by atoms with E-state index in [1.807, 2.05) is 12.1 Å². The van der Waals surface area contributed by atoms with Gasteiger partial charge in [0.2, 0.25) is 0 Å². The molecule has 0 saturated carbocycles. The first-order valence-corrected chi connectivity index (χ1v) is 7.96. The lowest BCUT2D eigenvalue weighted by Crippen LogP contribution is -2.43. The van der Waals surface area contributed by atoms with E-state index in [1.165, 1.54) is 24.6 Å². The van der Waals surface area contributed by atoms with Crippen LogP contribution in [0.5, 0.6) is 0 Å². The highest BCUT2D eigenvalue weighted by molar-refractivity contribution is 7.80. The predicted molar refractivity (Wildman–Crippen MR) is 96.1 cm³/mol. The van der Waals surface area contributed by atoms with E-state index in [9.17, 15) is 4.79 Å². The number of carbonyl (C=O) groups excluding carboxylic acids is 1. The fourth-order valence-electron chi connectivity index (χ4n) is 1.98. The van der Waals surface area contributed by atoms with Gasteiger partial charge in [-0.15, -0.1) is 0 Å². The van der Waals surface area contributed by atoms with Crippen LogP contribution in [0.2, 0.25) is 0 Å². The van der Waals surface area contributed by atoms with Crippen molar-refractivity contribution >= 4 is 28.9 Å². The van der Waals surface area contributed by atoms with Gasteiger partial charge in [-0.3, -0.25) is 20.6 Å². The van der Waals surface area contributed by atoms with E-state index in [0.717, 1.165) is 12.1 Å². The minimum atomic E-state index is -0.294. The van der Waals surface area contributed by atoms with Gasteiger partial charge in [-0.05, 0) is 54.9 Å². The second-order valence-electron chi connectivity index (χ2n) is 5.08. The number of hydrogen-bond acceptors (Lipinski definition) is 3. The van der Waals surface area contributed by atoms with Crippen molar-refractivity contribution in [3.05, 3.63) is 59.9 Å². The zero-order valence-corrected chi connectivity index (χ0v) is 13.8. The van der Waals surface area contributed by atoms with Gasteiger partial charge in [-0.1, -0.05) is 25.5 Å². The Morgan fingerprint density at radius 2 is 1.96 bits per heavy atom. The fraction of sp³-hybridized carbons (Fsp3) is 0.235. The molecule has 3 N–H and O–H groups in total. The lowest BCUT2D eigenvalue weighted by atomic mass is 10.1. The van der Waals surface area contributed by atoms with Crippen LogP contribution < -0.4 is 16.2 Å². The molecular weight excluding hydrogens is 308 g/mol. The standard InChI is InChI=1S/C17H20N4OS/c1-2-3-5-13-7-9-15(10-8-13)19-17(23)21-20-16(22)14-6-4-11-18-12-14/h4,6-12H,2-3,5H2,1H3,(H,20,22)(H2,19,21,23). The van der Waals surface area contributed by atoms with Crippen LogP contribution >= 0.6 is 12.2 Å². The highest BCUT2D eigenvalue weighted by atomic mass is 32.1. The average Bonchev–Trinajstić information content (AvgIpc) is 2.60. The summed E-state index contributed by atoms with van der Waals surface area (Å²) < 4.78 is 0. The number of hydrazine groups is 1. The van der Waals surface area contributed by atoms with E-state index in [0.29, 0.717) is 10.7 Å². The highest BCUT2D eigenvalue weighted by Gasteiger charge is 2.05. The topological polar surface area (TPSA) is 66.0 Å². The summed E-state index contributed by atoms with van der Waals surface area (Å²) in [6.07, 6.45) is 6.56. The molecular formula is C17H20N4OS. The first-order chi connectivity index (χ1) is 11.2. The van der Waals surface area contributed by atoms with Gasteiger partial charge < -0.3 is 5.32 Å². The van der Waals surface area contributed by atoms with Crippen molar-refractivity contribution in [1.82, 2.24) is 15.8 Å². The summed E-state index contributed by atoms with van der Waals surface area (Å²) in [5, 5.41) is 3.34. The van der Waals surface area contributed by atoms with Crippen LogP contribution in [-0.4, -0.2) is 16.0 Å². The molecule has 2 rings (SSSR count). The molecule has 120 valence electrons. The second-order valence-corrected chi connectivity index (χ2v) is 5.48. The summed E-state index contributed by atoms with van der Waals surface area (Å²) in [6, 6.07) is 11.5. The highest BCUT2D eigenvalue weighted by Crippen LogP contribution is 2.11. The summed E-state index contributed by atoms with van der Waals surface area (Å²) in [6.45, 7) is 2.18.